The molecule has 9 nitrogen and oxygen atoms in total. The number of aromatic nitrogens is 3. The van der Waals surface area contributed by atoms with Crippen LogP contribution in [0.3, 0.4) is 0 Å². The van der Waals surface area contributed by atoms with Crippen molar-refractivity contribution in [3.8, 4) is 11.3 Å². The molecule has 4 rings (SSSR count). The van der Waals surface area contributed by atoms with E-state index in [1.165, 1.54) is 12.4 Å². The Bertz CT molecular complexity index is 1100. The molecule has 1 saturated heterocycles. The zero-order chi connectivity index (χ0) is 22.7. The molecule has 1 amide bonds. The number of halogens is 1. The first kappa shape index (κ1) is 22.1. The number of pyridine rings is 1. The Labute approximate surface area is 189 Å². The third kappa shape index (κ3) is 4.56. The van der Waals surface area contributed by atoms with Gasteiger partial charge in [-0.05, 0) is 6.07 Å². The minimum atomic E-state index is -1.08. The van der Waals surface area contributed by atoms with Gasteiger partial charge in [0.2, 0.25) is 0 Å². The van der Waals surface area contributed by atoms with Crippen molar-refractivity contribution in [2.45, 2.75) is 30.8 Å². The van der Waals surface area contributed by atoms with Crippen LogP contribution >= 0.6 is 11.6 Å². The van der Waals surface area contributed by atoms with E-state index < -0.39 is 30.3 Å². The minimum Gasteiger partial charge on any atom is -0.390 e. The Morgan fingerprint density at radius 3 is 2.75 bits per heavy atom. The number of alkyl halides is 1. The first-order chi connectivity index (χ1) is 15.5. The summed E-state index contributed by atoms with van der Waals surface area (Å²) in [6, 6.07) is 11.0. The first-order valence-electron chi connectivity index (χ1n) is 9.98. The number of amides is 1. The number of anilines is 2. The molecule has 1 aromatic carbocycles. The van der Waals surface area contributed by atoms with E-state index in [1.807, 2.05) is 30.3 Å². The van der Waals surface area contributed by atoms with Crippen molar-refractivity contribution in [2.75, 3.05) is 16.9 Å². The summed E-state index contributed by atoms with van der Waals surface area (Å²) in [5, 5.41) is 23.0. The summed E-state index contributed by atoms with van der Waals surface area (Å²) < 4.78 is 5.86. The number of ether oxygens (including phenoxy) is 1. The zero-order valence-electron chi connectivity index (χ0n) is 16.9. The molecule has 0 radical (unpaired) electrons. The molecule has 10 heteroatoms. The molecule has 3 aromatic rings. The predicted octanol–water partition coefficient (Wildman–Crippen LogP) is 2.16. The monoisotopic (exact) mass is 455 g/mol. The molecule has 4 unspecified atom stereocenters. The van der Waals surface area contributed by atoms with Crippen LogP contribution in [-0.4, -0.2) is 55.3 Å². The van der Waals surface area contributed by atoms with Crippen LogP contribution in [0, 0.1) is 0 Å². The summed E-state index contributed by atoms with van der Waals surface area (Å²) in [6.07, 6.45) is 1.21. The molecule has 166 valence electrons. The maximum atomic E-state index is 13.0. The number of nitrogen functional groups attached to an aromatic ring is 1. The Hall–Kier alpha value is -3.11. The Morgan fingerprint density at radius 2 is 2.00 bits per heavy atom. The van der Waals surface area contributed by atoms with Crippen LogP contribution in [0.2, 0.25) is 0 Å². The fourth-order valence-electron chi connectivity index (χ4n) is 3.57. The van der Waals surface area contributed by atoms with Gasteiger partial charge in [0.25, 0.3) is 5.91 Å². The summed E-state index contributed by atoms with van der Waals surface area (Å²) in [7, 11) is 0. The molecule has 0 saturated carbocycles. The third-order valence-corrected chi connectivity index (χ3v) is 5.56. The maximum absolute atomic E-state index is 13.0. The maximum Gasteiger partial charge on any atom is 0.278 e. The van der Waals surface area contributed by atoms with E-state index in [1.54, 1.807) is 12.3 Å². The SMILES string of the molecule is Nc1ncc(-c2ccccc2)nc1C(=O)Nc1cnccc1C1CC(O)C(O)C(CCl)O1. The average molecular weight is 456 g/mol. The van der Waals surface area contributed by atoms with E-state index in [4.69, 9.17) is 22.1 Å². The summed E-state index contributed by atoms with van der Waals surface area (Å²) >= 11 is 5.87. The van der Waals surface area contributed by atoms with Gasteiger partial charge in [0.1, 0.15) is 12.2 Å². The quantitative estimate of drug-likeness (QED) is 0.428. The Morgan fingerprint density at radius 1 is 1.22 bits per heavy atom. The summed E-state index contributed by atoms with van der Waals surface area (Å²) in [5.74, 6) is -0.561. The summed E-state index contributed by atoms with van der Waals surface area (Å²) in [5.41, 5.74) is 8.15. The van der Waals surface area contributed by atoms with Gasteiger partial charge in [0.05, 0.1) is 41.9 Å². The summed E-state index contributed by atoms with van der Waals surface area (Å²) in [6.45, 7) is 0. The lowest BCUT2D eigenvalue weighted by Crippen LogP contribution is -2.46. The largest absolute Gasteiger partial charge is 0.390 e. The molecule has 0 spiro atoms. The first-order valence-corrected chi connectivity index (χ1v) is 10.5. The molecule has 5 N–H and O–H groups in total. The lowest BCUT2D eigenvalue weighted by atomic mass is 9.94. The van der Waals surface area contributed by atoms with Crippen molar-refractivity contribution in [3.05, 3.63) is 66.2 Å². The van der Waals surface area contributed by atoms with Gasteiger partial charge in [-0.1, -0.05) is 30.3 Å². The second-order valence-corrected chi connectivity index (χ2v) is 7.69. The van der Waals surface area contributed by atoms with Gasteiger partial charge in [-0.2, -0.15) is 0 Å². The van der Waals surface area contributed by atoms with E-state index >= 15 is 0 Å². The van der Waals surface area contributed by atoms with Crippen molar-refractivity contribution in [2.24, 2.45) is 0 Å². The minimum absolute atomic E-state index is 0.0118. The van der Waals surface area contributed by atoms with Crippen molar-refractivity contribution in [1.82, 2.24) is 15.0 Å². The number of nitrogens with one attached hydrogen (secondary N) is 1. The van der Waals surface area contributed by atoms with Gasteiger partial charge in [-0.25, -0.2) is 9.97 Å². The van der Waals surface area contributed by atoms with Gasteiger partial charge in [-0.3, -0.25) is 9.78 Å². The standard InChI is InChI=1S/C22H22ClN5O4/c23-9-18-20(30)16(29)8-17(32-18)13-6-7-25-10-15(13)28-22(31)19-21(24)26-11-14(27-19)12-4-2-1-3-5-12/h1-7,10-11,16-18,20,29-30H,8-9H2,(H2,24,26)(H,28,31). The van der Waals surface area contributed by atoms with Crippen LogP contribution in [0.4, 0.5) is 11.5 Å². The van der Waals surface area contributed by atoms with Crippen LogP contribution < -0.4 is 11.1 Å². The van der Waals surface area contributed by atoms with E-state index in [0.717, 1.165) is 5.56 Å². The van der Waals surface area contributed by atoms with Crippen LogP contribution in [0.15, 0.2) is 55.0 Å². The summed E-state index contributed by atoms with van der Waals surface area (Å²) in [4.78, 5) is 25.6. The van der Waals surface area contributed by atoms with Crippen molar-refractivity contribution < 1.29 is 19.7 Å². The van der Waals surface area contributed by atoms with E-state index in [9.17, 15) is 15.0 Å². The third-order valence-electron chi connectivity index (χ3n) is 5.26. The number of hydrogen-bond donors (Lipinski definition) is 4. The lowest BCUT2D eigenvalue weighted by Gasteiger charge is -2.37. The molecular formula is C22H22ClN5O4. The van der Waals surface area contributed by atoms with Crippen LogP contribution in [-0.2, 0) is 4.74 Å². The van der Waals surface area contributed by atoms with Gasteiger partial charge in [0.15, 0.2) is 11.5 Å². The molecule has 1 aliphatic heterocycles. The average Bonchev–Trinajstić information content (AvgIpc) is 2.82. The van der Waals surface area contributed by atoms with E-state index in [-0.39, 0.29) is 23.8 Å². The van der Waals surface area contributed by atoms with Crippen LogP contribution in [0.25, 0.3) is 11.3 Å². The molecule has 0 aliphatic carbocycles. The number of carbonyl (C=O) groups excluding carboxylic acids is 1. The molecule has 4 atom stereocenters. The molecule has 0 bridgehead atoms. The van der Waals surface area contributed by atoms with Gasteiger partial charge in [-0.15, -0.1) is 11.6 Å². The highest BCUT2D eigenvalue weighted by molar-refractivity contribution is 6.18. The van der Waals surface area contributed by atoms with E-state index in [2.05, 4.69) is 20.3 Å². The number of nitrogens with zero attached hydrogens (tertiary/aromatic N) is 3. The number of aliphatic hydroxyl groups excluding tert-OH is 2. The van der Waals surface area contributed by atoms with E-state index in [0.29, 0.717) is 16.9 Å². The highest BCUT2D eigenvalue weighted by Crippen LogP contribution is 2.35. The predicted molar refractivity (Wildman–Crippen MR) is 119 cm³/mol. The van der Waals surface area contributed by atoms with Gasteiger partial charge >= 0.3 is 0 Å². The molecule has 1 fully saturated rings. The molecule has 32 heavy (non-hydrogen) atoms. The number of benzene rings is 1. The topological polar surface area (TPSA) is 143 Å². The normalized spacial score (nSPS) is 23.0. The smallest absolute Gasteiger partial charge is 0.278 e. The molecule has 2 aromatic heterocycles. The fraction of sp³-hybridized carbons (Fsp3) is 0.273. The number of nitrogens with two attached hydrogens (primary N) is 1. The Kier molecular flexibility index (Phi) is 6.61. The second kappa shape index (κ2) is 9.58. The second-order valence-electron chi connectivity index (χ2n) is 7.38. The van der Waals surface area contributed by atoms with Gasteiger partial charge < -0.3 is 26.0 Å². The van der Waals surface area contributed by atoms with Gasteiger partial charge in [0, 0.05) is 23.7 Å². The van der Waals surface area contributed by atoms with Crippen LogP contribution in [0.1, 0.15) is 28.6 Å². The molecule has 1 aliphatic rings. The number of aliphatic hydroxyl groups is 2. The zero-order valence-corrected chi connectivity index (χ0v) is 17.7. The number of rotatable bonds is 5. The van der Waals surface area contributed by atoms with Crippen molar-refractivity contribution in [1.29, 1.82) is 0 Å². The van der Waals surface area contributed by atoms with Crippen molar-refractivity contribution >= 4 is 29.0 Å². The fourth-order valence-corrected chi connectivity index (χ4v) is 3.82. The highest BCUT2D eigenvalue weighted by Gasteiger charge is 2.37. The Balaban J connectivity index is 1.60. The highest BCUT2D eigenvalue weighted by atomic mass is 35.5. The lowest BCUT2D eigenvalue weighted by molar-refractivity contribution is -0.162. The molecule has 3 heterocycles. The number of carbonyl (C=O) groups is 1. The molecular weight excluding hydrogens is 434 g/mol. The van der Waals surface area contributed by atoms with Crippen molar-refractivity contribution in [3.63, 3.8) is 0 Å². The number of hydrogen-bond acceptors (Lipinski definition) is 8. The van der Waals surface area contributed by atoms with Crippen LogP contribution in [0.5, 0.6) is 0 Å².